The number of nitrogens with zero attached hydrogens (tertiary/aromatic N) is 2. The SMILES string of the molecule is COC(=O)C1=C(C)N(c2cccc(C(F)(F)F)c2)C(=O)NC1c1ccc(C(=O)OC)nc1. The van der Waals surface area contributed by atoms with E-state index in [1.807, 2.05) is 0 Å². The molecule has 0 bridgehead atoms. The highest BCUT2D eigenvalue weighted by Crippen LogP contribution is 2.36. The van der Waals surface area contributed by atoms with Crippen molar-refractivity contribution in [1.82, 2.24) is 10.3 Å². The number of nitrogens with one attached hydrogen (secondary N) is 1. The number of aromatic nitrogens is 1. The number of allylic oxidation sites excluding steroid dienone is 1. The first kappa shape index (κ1) is 22.8. The van der Waals surface area contributed by atoms with Crippen LogP contribution in [0.3, 0.4) is 0 Å². The van der Waals surface area contributed by atoms with Crippen LogP contribution in [0, 0.1) is 0 Å². The third-order valence-electron chi connectivity index (χ3n) is 4.84. The Morgan fingerprint density at radius 3 is 2.34 bits per heavy atom. The molecule has 0 saturated heterocycles. The Labute approximate surface area is 180 Å². The highest BCUT2D eigenvalue weighted by atomic mass is 19.4. The monoisotopic (exact) mass is 449 g/mol. The fourth-order valence-electron chi connectivity index (χ4n) is 3.30. The number of anilines is 1. The summed E-state index contributed by atoms with van der Waals surface area (Å²) in [6, 6.07) is 5.25. The van der Waals surface area contributed by atoms with Gasteiger partial charge < -0.3 is 14.8 Å². The van der Waals surface area contributed by atoms with E-state index in [9.17, 15) is 27.6 Å². The predicted octanol–water partition coefficient (Wildman–Crippen LogP) is 3.60. The van der Waals surface area contributed by atoms with Gasteiger partial charge in [0.25, 0.3) is 0 Å². The van der Waals surface area contributed by atoms with Gasteiger partial charge in [0.2, 0.25) is 0 Å². The van der Waals surface area contributed by atoms with Gasteiger partial charge in [0.05, 0.1) is 37.1 Å². The van der Waals surface area contributed by atoms with Crippen LogP contribution in [0.1, 0.15) is 34.6 Å². The molecule has 0 radical (unpaired) electrons. The summed E-state index contributed by atoms with van der Waals surface area (Å²) in [6.07, 6.45) is -3.33. The number of pyridine rings is 1. The Hall–Kier alpha value is -3.89. The van der Waals surface area contributed by atoms with Crippen LogP contribution in [0.2, 0.25) is 0 Å². The van der Waals surface area contributed by atoms with Crippen molar-refractivity contribution in [3.05, 3.63) is 70.7 Å². The number of halogens is 3. The molecule has 2 heterocycles. The van der Waals surface area contributed by atoms with Gasteiger partial charge in [-0.05, 0) is 36.8 Å². The topological polar surface area (TPSA) is 97.8 Å². The molecule has 1 unspecified atom stereocenters. The second kappa shape index (κ2) is 8.69. The molecule has 0 spiro atoms. The average Bonchev–Trinajstić information content (AvgIpc) is 2.77. The number of carbonyl (C=O) groups excluding carboxylic acids is 3. The molecule has 11 heteroatoms. The lowest BCUT2D eigenvalue weighted by atomic mass is 9.95. The summed E-state index contributed by atoms with van der Waals surface area (Å²) >= 11 is 0. The standard InChI is InChI=1S/C21H18F3N3O5/c1-11-16(19(29)32-3)17(12-7-8-15(25-10-12)18(28)31-2)26-20(30)27(11)14-6-4-5-13(9-14)21(22,23)24/h4-10,17H,1-3H3,(H,26,30). The van der Waals surface area contributed by atoms with E-state index in [1.165, 1.54) is 38.4 Å². The lowest BCUT2D eigenvalue weighted by Crippen LogP contribution is -2.48. The molecular weight excluding hydrogens is 431 g/mol. The summed E-state index contributed by atoms with van der Waals surface area (Å²) in [5.74, 6) is -1.46. The number of esters is 2. The van der Waals surface area contributed by atoms with Crippen LogP contribution in [0.5, 0.6) is 0 Å². The minimum Gasteiger partial charge on any atom is -0.466 e. The first-order chi connectivity index (χ1) is 15.1. The Morgan fingerprint density at radius 1 is 1.09 bits per heavy atom. The van der Waals surface area contributed by atoms with Crippen molar-refractivity contribution in [2.45, 2.75) is 19.1 Å². The lowest BCUT2D eigenvalue weighted by molar-refractivity contribution is -0.138. The third-order valence-corrected chi connectivity index (χ3v) is 4.84. The number of ether oxygens (including phenoxy) is 2. The van der Waals surface area contributed by atoms with Gasteiger partial charge in [-0.15, -0.1) is 0 Å². The summed E-state index contributed by atoms with van der Waals surface area (Å²) in [5.41, 5.74) is -0.563. The van der Waals surface area contributed by atoms with E-state index >= 15 is 0 Å². The molecule has 0 aliphatic carbocycles. The van der Waals surface area contributed by atoms with Crippen LogP contribution in [0.15, 0.2) is 53.9 Å². The zero-order valence-corrected chi connectivity index (χ0v) is 17.2. The molecule has 1 atom stereocenters. The van der Waals surface area contributed by atoms with Crippen molar-refractivity contribution in [3.8, 4) is 0 Å². The van der Waals surface area contributed by atoms with Crippen molar-refractivity contribution in [1.29, 1.82) is 0 Å². The summed E-state index contributed by atoms with van der Waals surface area (Å²) in [5, 5.41) is 2.59. The van der Waals surface area contributed by atoms with Gasteiger partial charge in [0, 0.05) is 11.9 Å². The molecule has 168 valence electrons. The molecule has 1 aliphatic rings. The predicted molar refractivity (Wildman–Crippen MR) is 105 cm³/mol. The van der Waals surface area contributed by atoms with Gasteiger partial charge in [-0.2, -0.15) is 13.2 Å². The van der Waals surface area contributed by atoms with E-state index in [-0.39, 0.29) is 22.7 Å². The zero-order chi connectivity index (χ0) is 23.6. The van der Waals surface area contributed by atoms with Crippen LogP contribution >= 0.6 is 0 Å². The van der Waals surface area contributed by atoms with E-state index in [2.05, 4.69) is 15.0 Å². The van der Waals surface area contributed by atoms with Gasteiger partial charge in [-0.3, -0.25) is 4.90 Å². The van der Waals surface area contributed by atoms with Crippen molar-refractivity contribution in [2.24, 2.45) is 0 Å². The largest absolute Gasteiger partial charge is 0.466 e. The number of carbonyl (C=O) groups is 3. The minimum absolute atomic E-state index is 0.00266. The summed E-state index contributed by atoms with van der Waals surface area (Å²) in [6.45, 7) is 1.43. The third kappa shape index (κ3) is 4.27. The number of rotatable bonds is 4. The van der Waals surface area contributed by atoms with Crippen LogP contribution in [0.4, 0.5) is 23.7 Å². The van der Waals surface area contributed by atoms with E-state index in [1.54, 1.807) is 0 Å². The highest BCUT2D eigenvalue weighted by Gasteiger charge is 2.38. The second-order valence-electron chi connectivity index (χ2n) is 6.73. The van der Waals surface area contributed by atoms with Gasteiger partial charge in [0.15, 0.2) is 0 Å². The average molecular weight is 449 g/mol. The first-order valence-corrected chi connectivity index (χ1v) is 9.19. The molecule has 3 rings (SSSR count). The van der Waals surface area contributed by atoms with Crippen molar-refractivity contribution < 1.29 is 37.0 Å². The van der Waals surface area contributed by atoms with Gasteiger partial charge >= 0.3 is 24.1 Å². The molecule has 2 amide bonds. The molecule has 32 heavy (non-hydrogen) atoms. The first-order valence-electron chi connectivity index (χ1n) is 9.19. The van der Waals surface area contributed by atoms with Gasteiger partial charge in [-0.1, -0.05) is 12.1 Å². The summed E-state index contributed by atoms with van der Waals surface area (Å²) in [4.78, 5) is 42.0. The highest BCUT2D eigenvalue weighted by molar-refractivity contribution is 6.03. The van der Waals surface area contributed by atoms with Crippen molar-refractivity contribution >= 4 is 23.7 Å². The maximum absolute atomic E-state index is 13.1. The zero-order valence-electron chi connectivity index (χ0n) is 17.2. The number of benzene rings is 1. The van der Waals surface area contributed by atoms with Crippen LogP contribution in [-0.4, -0.2) is 37.2 Å². The second-order valence-corrected chi connectivity index (χ2v) is 6.73. The number of hydrogen-bond acceptors (Lipinski definition) is 6. The Kier molecular flexibility index (Phi) is 6.19. The van der Waals surface area contributed by atoms with E-state index in [4.69, 9.17) is 4.74 Å². The van der Waals surface area contributed by atoms with Gasteiger partial charge in [-0.25, -0.2) is 19.4 Å². The Morgan fingerprint density at radius 2 is 1.78 bits per heavy atom. The summed E-state index contributed by atoms with van der Waals surface area (Å²) in [7, 11) is 2.34. The number of alkyl halides is 3. The van der Waals surface area contributed by atoms with Crippen molar-refractivity contribution in [2.75, 3.05) is 19.1 Å². The minimum atomic E-state index is -4.61. The number of methoxy groups -OCH3 is 2. The lowest BCUT2D eigenvalue weighted by Gasteiger charge is -2.35. The number of amides is 2. The molecule has 0 fully saturated rings. The molecule has 1 aromatic carbocycles. The molecule has 0 saturated carbocycles. The maximum atomic E-state index is 13.1. The quantitative estimate of drug-likeness (QED) is 0.717. The molecule has 1 aliphatic heterocycles. The molecule has 2 aromatic rings. The van der Waals surface area contributed by atoms with Crippen LogP contribution < -0.4 is 10.2 Å². The van der Waals surface area contributed by atoms with E-state index < -0.39 is 35.8 Å². The van der Waals surface area contributed by atoms with Crippen LogP contribution in [0.25, 0.3) is 0 Å². The fourth-order valence-corrected chi connectivity index (χ4v) is 3.30. The normalized spacial score (nSPS) is 16.5. The Bertz CT molecular complexity index is 1100. The summed E-state index contributed by atoms with van der Waals surface area (Å²) < 4.78 is 48.9. The van der Waals surface area contributed by atoms with E-state index in [0.717, 1.165) is 30.2 Å². The van der Waals surface area contributed by atoms with Gasteiger partial charge in [0.1, 0.15) is 5.69 Å². The number of urea groups is 1. The molecule has 1 N–H and O–H groups in total. The van der Waals surface area contributed by atoms with E-state index in [0.29, 0.717) is 5.56 Å². The number of hydrogen-bond donors (Lipinski definition) is 1. The maximum Gasteiger partial charge on any atom is 0.416 e. The smallest absolute Gasteiger partial charge is 0.416 e. The van der Waals surface area contributed by atoms with Crippen molar-refractivity contribution in [3.63, 3.8) is 0 Å². The fraction of sp³-hybridized carbons (Fsp3) is 0.238. The molecule has 1 aromatic heterocycles. The van der Waals surface area contributed by atoms with Crippen LogP contribution in [-0.2, 0) is 20.4 Å². The molecular formula is C21H18F3N3O5. The Balaban J connectivity index is 2.09. The molecule has 8 nitrogen and oxygen atoms in total.